The molecular weight excluding hydrogens is 448 g/mol. The Labute approximate surface area is 212 Å². The lowest BCUT2D eigenvalue weighted by atomic mass is 10.1. The SMILES string of the molecule is Cc1nn2c(C)c(C(=O)NCCCN3CCN(Cc4ccccc4)CC3)cnc2c1-c1ccccc1. The number of piperazine rings is 1. The van der Waals surface area contributed by atoms with Crippen LogP contribution in [0.3, 0.4) is 0 Å². The maximum absolute atomic E-state index is 12.9. The smallest absolute Gasteiger partial charge is 0.254 e. The largest absolute Gasteiger partial charge is 0.352 e. The van der Waals surface area contributed by atoms with Crippen molar-refractivity contribution < 1.29 is 4.79 Å². The molecule has 0 unspecified atom stereocenters. The Morgan fingerprint density at radius 1 is 0.917 bits per heavy atom. The first-order valence-electron chi connectivity index (χ1n) is 12.8. The molecule has 1 fully saturated rings. The van der Waals surface area contributed by atoms with Crippen LogP contribution in [0.15, 0.2) is 66.9 Å². The van der Waals surface area contributed by atoms with Crippen molar-refractivity contribution in [1.29, 1.82) is 0 Å². The molecule has 1 amide bonds. The Bertz CT molecular complexity index is 1310. The molecule has 1 saturated heterocycles. The van der Waals surface area contributed by atoms with Crippen LogP contribution in [0.2, 0.25) is 0 Å². The minimum atomic E-state index is -0.0935. The fourth-order valence-corrected chi connectivity index (χ4v) is 4.98. The Morgan fingerprint density at radius 3 is 2.31 bits per heavy atom. The highest BCUT2D eigenvalue weighted by Gasteiger charge is 2.19. The quantitative estimate of drug-likeness (QED) is 0.385. The summed E-state index contributed by atoms with van der Waals surface area (Å²) in [6.07, 6.45) is 2.61. The van der Waals surface area contributed by atoms with Gasteiger partial charge in [0.15, 0.2) is 5.65 Å². The molecule has 0 spiro atoms. The number of carbonyl (C=O) groups excluding carboxylic acids is 1. The molecule has 5 rings (SSSR count). The van der Waals surface area contributed by atoms with Crippen LogP contribution in [0, 0.1) is 13.8 Å². The molecule has 1 aliphatic rings. The van der Waals surface area contributed by atoms with Gasteiger partial charge in [0.05, 0.1) is 17.0 Å². The van der Waals surface area contributed by atoms with Gasteiger partial charge < -0.3 is 10.2 Å². The first kappa shape index (κ1) is 24.2. The molecule has 7 nitrogen and oxygen atoms in total. The molecule has 0 saturated carbocycles. The Morgan fingerprint density at radius 2 is 1.58 bits per heavy atom. The van der Waals surface area contributed by atoms with Crippen molar-refractivity contribution in [3.63, 3.8) is 0 Å². The summed E-state index contributed by atoms with van der Waals surface area (Å²) < 4.78 is 1.79. The van der Waals surface area contributed by atoms with Gasteiger partial charge in [0.25, 0.3) is 5.91 Å². The van der Waals surface area contributed by atoms with Gasteiger partial charge in [-0.15, -0.1) is 0 Å². The van der Waals surface area contributed by atoms with E-state index >= 15 is 0 Å². The van der Waals surface area contributed by atoms with E-state index in [-0.39, 0.29) is 5.91 Å². The van der Waals surface area contributed by atoms with Crippen molar-refractivity contribution in [1.82, 2.24) is 29.7 Å². The maximum atomic E-state index is 12.9. The van der Waals surface area contributed by atoms with E-state index in [4.69, 9.17) is 0 Å². The lowest BCUT2D eigenvalue weighted by molar-refractivity contribution is 0.0945. The molecule has 0 radical (unpaired) electrons. The van der Waals surface area contributed by atoms with Crippen molar-refractivity contribution in [2.75, 3.05) is 39.3 Å². The van der Waals surface area contributed by atoms with Gasteiger partial charge in [-0.1, -0.05) is 60.7 Å². The standard InChI is InChI=1S/C29H34N6O/c1-22-27(25-12-7-4-8-13-25)28-31-20-26(23(2)35(28)32-22)29(36)30-14-9-15-33-16-18-34(19-17-33)21-24-10-5-3-6-11-24/h3-8,10-13,20H,9,14-19,21H2,1-2H3,(H,30,36). The third kappa shape index (κ3) is 5.32. The van der Waals surface area contributed by atoms with Crippen molar-refractivity contribution >= 4 is 11.6 Å². The molecule has 4 aromatic rings. The second-order valence-electron chi connectivity index (χ2n) is 9.53. The zero-order valence-corrected chi connectivity index (χ0v) is 21.2. The molecule has 2 aromatic carbocycles. The molecule has 1 aliphatic heterocycles. The summed E-state index contributed by atoms with van der Waals surface area (Å²) in [4.78, 5) is 22.6. The lowest BCUT2D eigenvalue weighted by Crippen LogP contribution is -2.46. The summed E-state index contributed by atoms with van der Waals surface area (Å²) in [5.41, 5.74) is 6.51. The van der Waals surface area contributed by atoms with Crippen LogP contribution in [-0.4, -0.2) is 69.6 Å². The number of hydrogen-bond acceptors (Lipinski definition) is 5. The number of carbonyl (C=O) groups is 1. The Hall–Kier alpha value is -3.55. The van der Waals surface area contributed by atoms with E-state index in [0.717, 1.165) is 73.9 Å². The fourth-order valence-electron chi connectivity index (χ4n) is 4.98. The maximum Gasteiger partial charge on any atom is 0.254 e. The number of aromatic nitrogens is 3. The third-order valence-electron chi connectivity index (χ3n) is 7.02. The molecule has 7 heteroatoms. The number of amides is 1. The summed E-state index contributed by atoms with van der Waals surface area (Å²) in [5, 5.41) is 7.77. The van der Waals surface area contributed by atoms with Crippen molar-refractivity contribution in [2.45, 2.75) is 26.8 Å². The van der Waals surface area contributed by atoms with E-state index in [1.807, 2.05) is 32.0 Å². The molecule has 186 valence electrons. The summed E-state index contributed by atoms with van der Waals surface area (Å²) in [6.45, 7) is 10.9. The van der Waals surface area contributed by atoms with E-state index in [1.54, 1.807) is 10.7 Å². The van der Waals surface area contributed by atoms with Crippen LogP contribution < -0.4 is 5.32 Å². The number of benzene rings is 2. The summed E-state index contributed by atoms with van der Waals surface area (Å²) in [7, 11) is 0. The number of fused-ring (bicyclic) bond motifs is 1. The van der Waals surface area contributed by atoms with E-state index in [0.29, 0.717) is 12.1 Å². The highest BCUT2D eigenvalue weighted by molar-refractivity contribution is 5.95. The monoisotopic (exact) mass is 482 g/mol. The van der Waals surface area contributed by atoms with Crippen LogP contribution in [-0.2, 0) is 6.54 Å². The van der Waals surface area contributed by atoms with Crippen molar-refractivity contribution in [3.05, 3.63) is 89.4 Å². The number of aryl methyl sites for hydroxylation is 2. The van der Waals surface area contributed by atoms with E-state index in [9.17, 15) is 4.79 Å². The predicted octanol–water partition coefficient (Wildman–Crippen LogP) is 3.95. The number of nitrogens with one attached hydrogen (secondary N) is 1. The van der Waals surface area contributed by atoms with Crippen LogP contribution in [0.5, 0.6) is 0 Å². The fraction of sp³-hybridized carbons (Fsp3) is 0.345. The summed E-state index contributed by atoms with van der Waals surface area (Å²) in [5.74, 6) is -0.0935. The van der Waals surface area contributed by atoms with E-state index in [2.05, 4.69) is 67.7 Å². The molecule has 0 atom stereocenters. The molecule has 0 bridgehead atoms. The highest BCUT2D eigenvalue weighted by Crippen LogP contribution is 2.27. The van der Waals surface area contributed by atoms with Crippen molar-refractivity contribution in [3.8, 4) is 11.1 Å². The van der Waals surface area contributed by atoms with E-state index < -0.39 is 0 Å². The highest BCUT2D eigenvalue weighted by atomic mass is 16.1. The predicted molar refractivity (Wildman–Crippen MR) is 143 cm³/mol. The summed E-state index contributed by atoms with van der Waals surface area (Å²) >= 11 is 0. The molecular formula is C29H34N6O. The first-order chi connectivity index (χ1) is 17.6. The number of rotatable bonds is 8. The Kier molecular flexibility index (Phi) is 7.39. The van der Waals surface area contributed by atoms with Crippen molar-refractivity contribution in [2.24, 2.45) is 0 Å². The number of nitrogens with zero attached hydrogens (tertiary/aromatic N) is 5. The second-order valence-corrected chi connectivity index (χ2v) is 9.53. The normalized spacial score (nSPS) is 14.8. The van der Waals surface area contributed by atoms with E-state index in [1.165, 1.54) is 5.56 Å². The van der Waals surface area contributed by atoms with Gasteiger partial charge in [-0.25, -0.2) is 9.50 Å². The average molecular weight is 483 g/mol. The topological polar surface area (TPSA) is 65.8 Å². The van der Waals surface area contributed by atoms with Crippen LogP contribution in [0.1, 0.15) is 33.7 Å². The Balaban J connectivity index is 1.12. The van der Waals surface area contributed by atoms with Gasteiger partial charge in [-0.2, -0.15) is 5.10 Å². The van der Waals surface area contributed by atoms with Crippen LogP contribution in [0.4, 0.5) is 0 Å². The van der Waals surface area contributed by atoms with Gasteiger partial charge in [0, 0.05) is 51.0 Å². The van der Waals surface area contributed by atoms with Gasteiger partial charge in [-0.3, -0.25) is 9.69 Å². The molecule has 36 heavy (non-hydrogen) atoms. The van der Waals surface area contributed by atoms with Crippen LogP contribution in [0.25, 0.3) is 16.8 Å². The lowest BCUT2D eigenvalue weighted by Gasteiger charge is -2.34. The minimum absolute atomic E-state index is 0.0935. The number of hydrogen-bond donors (Lipinski definition) is 1. The minimum Gasteiger partial charge on any atom is -0.352 e. The van der Waals surface area contributed by atoms with Crippen LogP contribution >= 0.6 is 0 Å². The van der Waals surface area contributed by atoms with Gasteiger partial charge in [0.2, 0.25) is 0 Å². The first-order valence-corrected chi connectivity index (χ1v) is 12.8. The molecule has 3 heterocycles. The average Bonchev–Trinajstić information content (AvgIpc) is 3.25. The third-order valence-corrected chi connectivity index (χ3v) is 7.02. The zero-order valence-electron chi connectivity index (χ0n) is 21.2. The molecule has 0 aliphatic carbocycles. The van der Waals surface area contributed by atoms with Gasteiger partial charge in [-0.05, 0) is 37.9 Å². The van der Waals surface area contributed by atoms with Gasteiger partial charge in [0.1, 0.15) is 0 Å². The summed E-state index contributed by atoms with van der Waals surface area (Å²) in [6, 6.07) is 20.8. The molecule has 1 N–H and O–H groups in total. The molecule has 2 aromatic heterocycles. The second kappa shape index (κ2) is 11.0. The zero-order chi connectivity index (χ0) is 24.9. The van der Waals surface area contributed by atoms with Gasteiger partial charge >= 0.3 is 0 Å².